The Labute approximate surface area is 210 Å². The van der Waals surface area contributed by atoms with E-state index >= 15 is 0 Å². The summed E-state index contributed by atoms with van der Waals surface area (Å²) in [5, 5.41) is 14.4. The second-order valence-electron chi connectivity index (χ2n) is 8.25. The normalized spacial score (nSPS) is 12.5. The van der Waals surface area contributed by atoms with E-state index in [0.717, 1.165) is 11.1 Å². The maximum absolute atomic E-state index is 12.7. The van der Waals surface area contributed by atoms with Crippen LogP contribution in [0.25, 0.3) is 0 Å². The number of amides is 2. The zero-order chi connectivity index (χ0) is 25.9. The van der Waals surface area contributed by atoms with E-state index in [0.29, 0.717) is 22.8 Å². The van der Waals surface area contributed by atoms with Crippen LogP contribution in [0.15, 0.2) is 84.9 Å². The third-order valence-corrected chi connectivity index (χ3v) is 5.35. The fourth-order valence-electron chi connectivity index (χ4n) is 3.42. The van der Waals surface area contributed by atoms with Gasteiger partial charge in [0.1, 0.15) is 18.5 Å². The van der Waals surface area contributed by atoms with E-state index in [4.69, 9.17) is 20.3 Å². The highest BCUT2D eigenvalue weighted by Crippen LogP contribution is 2.29. The molecule has 0 unspecified atom stereocenters. The van der Waals surface area contributed by atoms with Crippen LogP contribution in [0.5, 0.6) is 5.75 Å². The quantitative estimate of drug-likeness (QED) is 0.233. The monoisotopic (exact) mass is 489 g/mol. The first-order valence-electron chi connectivity index (χ1n) is 11.6. The molecule has 0 heterocycles. The number of nitrogens with two attached hydrogens (primary N) is 1. The van der Waals surface area contributed by atoms with Crippen molar-refractivity contribution in [2.45, 2.75) is 20.0 Å². The molecule has 0 radical (unpaired) electrons. The van der Waals surface area contributed by atoms with Gasteiger partial charge >= 0.3 is 6.09 Å². The van der Waals surface area contributed by atoms with E-state index in [-0.39, 0.29) is 25.0 Å². The number of rotatable bonds is 10. The molecule has 5 N–H and O–H groups in total. The van der Waals surface area contributed by atoms with Crippen molar-refractivity contribution in [3.63, 3.8) is 0 Å². The summed E-state index contributed by atoms with van der Waals surface area (Å²) in [5.41, 5.74) is 9.27. The van der Waals surface area contributed by atoms with Gasteiger partial charge < -0.3 is 25.6 Å². The van der Waals surface area contributed by atoms with Gasteiger partial charge in [0.25, 0.3) is 0 Å². The topological polar surface area (TPSA) is 123 Å². The number of anilines is 3. The van der Waals surface area contributed by atoms with Gasteiger partial charge in [-0.1, -0.05) is 55.0 Å². The SMILES string of the molecule is Cc1ccc(NC(=O)O[C@@H](c2ccc(OCCO)cc2)[C@H](C)/C=C/C(=O)Nc2ccccc2N)cc1. The number of aliphatic hydroxyl groups is 1. The first kappa shape index (κ1) is 26.3. The van der Waals surface area contributed by atoms with Gasteiger partial charge in [0.05, 0.1) is 18.0 Å². The Kier molecular flexibility index (Phi) is 9.48. The Hall–Kier alpha value is -4.30. The maximum atomic E-state index is 12.7. The van der Waals surface area contributed by atoms with Crippen LogP contribution in [0.1, 0.15) is 24.2 Å². The Morgan fingerprint density at radius 2 is 1.69 bits per heavy atom. The van der Waals surface area contributed by atoms with E-state index < -0.39 is 12.2 Å². The number of aryl methyl sites for hydroxylation is 1. The van der Waals surface area contributed by atoms with Crippen molar-refractivity contribution >= 4 is 29.1 Å². The molecule has 0 aliphatic carbocycles. The van der Waals surface area contributed by atoms with Crippen molar-refractivity contribution in [1.29, 1.82) is 0 Å². The van der Waals surface area contributed by atoms with E-state index in [1.807, 2.05) is 26.0 Å². The summed E-state index contributed by atoms with van der Waals surface area (Å²) in [6.45, 7) is 3.90. The van der Waals surface area contributed by atoms with Crippen LogP contribution in [-0.4, -0.2) is 30.3 Å². The van der Waals surface area contributed by atoms with Gasteiger partial charge in [-0.05, 0) is 55.0 Å². The third-order valence-electron chi connectivity index (χ3n) is 5.35. The molecule has 0 bridgehead atoms. The van der Waals surface area contributed by atoms with Gasteiger partial charge in [0.2, 0.25) is 5.91 Å². The fourth-order valence-corrected chi connectivity index (χ4v) is 3.42. The number of carbonyl (C=O) groups is 2. The molecular weight excluding hydrogens is 458 g/mol. The molecule has 0 aromatic heterocycles. The van der Waals surface area contributed by atoms with Crippen LogP contribution in [0.4, 0.5) is 21.9 Å². The molecule has 3 aromatic carbocycles. The number of aliphatic hydroxyl groups excluding tert-OH is 1. The van der Waals surface area contributed by atoms with Crippen LogP contribution in [0, 0.1) is 12.8 Å². The standard InChI is InChI=1S/C28H31N3O5/c1-19-7-12-22(13-8-19)30-28(34)36-27(21-10-14-23(15-11-21)35-18-17-32)20(2)9-16-26(33)31-25-6-4-3-5-24(25)29/h3-16,20,27,32H,17-18,29H2,1-2H3,(H,30,34)(H,31,33)/b16-9+/t20-,27-/m1/s1. The van der Waals surface area contributed by atoms with Crippen molar-refractivity contribution in [3.05, 3.63) is 96.1 Å². The smallest absolute Gasteiger partial charge is 0.412 e. The molecule has 0 saturated heterocycles. The first-order chi connectivity index (χ1) is 17.4. The number of carbonyl (C=O) groups excluding carboxylic acids is 2. The maximum Gasteiger partial charge on any atom is 0.412 e. The minimum absolute atomic E-state index is 0.0921. The minimum atomic E-state index is -0.687. The number of nitrogen functional groups attached to an aromatic ring is 1. The summed E-state index contributed by atoms with van der Waals surface area (Å²) in [6.07, 6.45) is 1.76. The summed E-state index contributed by atoms with van der Waals surface area (Å²) in [5.74, 6) is -0.120. The average Bonchev–Trinajstić information content (AvgIpc) is 2.88. The van der Waals surface area contributed by atoms with Gasteiger partial charge in [-0.3, -0.25) is 10.1 Å². The first-order valence-corrected chi connectivity index (χ1v) is 11.6. The van der Waals surface area contributed by atoms with Crippen LogP contribution < -0.4 is 21.1 Å². The largest absolute Gasteiger partial charge is 0.491 e. The summed E-state index contributed by atoms with van der Waals surface area (Å²) in [4.78, 5) is 25.2. The van der Waals surface area contributed by atoms with Gasteiger partial charge in [-0.2, -0.15) is 0 Å². The lowest BCUT2D eigenvalue weighted by Gasteiger charge is -2.23. The van der Waals surface area contributed by atoms with Crippen molar-refractivity contribution in [2.75, 3.05) is 29.6 Å². The van der Waals surface area contributed by atoms with E-state index in [1.165, 1.54) is 6.08 Å². The van der Waals surface area contributed by atoms with Crippen molar-refractivity contribution in [3.8, 4) is 5.75 Å². The molecule has 0 aliphatic rings. The van der Waals surface area contributed by atoms with Gasteiger partial charge in [0, 0.05) is 11.6 Å². The highest BCUT2D eigenvalue weighted by atomic mass is 16.6. The Morgan fingerprint density at radius 1 is 1.00 bits per heavy atom. The van der Waals surface area contributed by atoms with Gasteiger partial charge in [-0.25, -0.2) is 4.79 Å². The molecule has 2 amide bonds. The average molecular weight is 490 g/mol. The highest BCUT2D eigenvalue weighted by molar-refractivity contribution is 6.01. The molecule has 0 fully saturated rings. The number of hydrogen-bond donors (Lipinski definition) is 4. The number of para-hydroxylation sites is 2. The Balaban J connectivity index is 1.74. The third kappa shape index (κ3) is 7.89. The highest BCUT2D eigenvalue weighted by Gasteiger charge is 2.23. The Bertz CT molecular complexity index is 1180. The van der Waals surface area contributed by atoms with Crippen molar-refractivity contribution < 1.29 is 24.2 Å². The number of ether oxygens (including phenoxy) is 2. The predicted molar refractivity (Wildman–Crippen MR) is 141 cm³/mol. The summed E-state index contributed by atoms with van der Waals surface area (Å²) >= 11 is 0. The molecule has 0 saturated carbocycles. The summed E-state index contributed by atoms with van der Waals surface area (Å²) < 4.78 is 11.2. The molecule has 36 heavy (non-hydrogen) atoms. The molecule has 3 rings (SSSR count). The predicted octanol–water partition coefficient (Wildman–Crippen LogP) is 5.07. The van der Waals surface area contributed by atoms with Crippen LogP contribution >= 0.6 is 0 Å². The molecule has 0 aliphatic heterocycles. The summed E-state index contributed by atoms with van der Waals surface area (Å²) in [7, 11) is 0. The molecule has 0 spiro atoms. The zero-order valence-electron chi connectivity index (χ0n) is 20.3. The Morgan fingerprint density at radius 3 is 2.36 bits per heavy atom. The van der Waals surface area contributed by atoms with Gasteiger partial charge in [-0.15, -0.1) is 0 Å². The lowest BCUT2D eigenvalue weighted by molar-refractivity contribution is -0.111. The molecule has 2 atom stereocenters. The van der Waals surface area contributed by atoms with E-state index in [9.17, 15) is 9.59 Å². The lowest BCUT2D eigenvalue weighted by atomic mass is 9.96. The van der Waals surface area contributed by atoms with Gasteiger partial charge in [0.15, 0.2) is 0 Å². The van der Waals surface area contributed by atoms with Crippen molar-refractivity contribution in [2.24, 2.45) is 5.92 Å². The number of benzene rings is 3. The van der Waals surface area contributed by atoms with Crippen LogP contribution in [-0.2, 0) is 9.53 Å². The van der Waals surface area contributed by atoms with E-state index in [1.54, 1.807) is 66.7 Å². The number of nitrogens with one attached hydrogen (secondary N) is 2. The minimum Gasteiger partial charge on any atom is -0.491 e. The lowest BCUT2D eigenvalue weighted by Crippen LogP contribution is -2.21. The second kappa shape index (κ2) is 13.0. The molecular formula is C28H31N3O5. The molecule has 3 aromatic rings. The summed E-state index contributed by atoms with van der Waals surface area (Å²) in [6, 6.07) is 21.4. The fraction of sp³-hybridized carbons (Fsp3) is 0.214. The second-order valence-corrected chi connectivity index (χ2v) is 8.25. The van der Waals surface area contributed by atoms with Crippen molar-refractivity contribution in [1.82, 2.24) is 0 Å². The zero-order valence-corrected chi connectivity index (χ0v) is 20.3. The molecule has 188 valence electrons. The van der Waals surface area contributed by atoms with E-state index in [2.05, 4.69) is 10.6 Å². The molecule has 8 nitrogen and oxygen atoms in total. The van der Waals surface area contributed by atoms with Crippen LogP contribution in [0.2, 0.25) is 0 Å². The molecule has 8 heteroatoms. The number of hydrogen-bond acceptors (Lipinski definition) is 6. The van der Waals surface area contributed by atoms with Crippen LogP contribution in [0.3, 0.4) is 0 Å².